The Bertz CT molecular complexity index is 289. The van der Waals surface area contributed by atoms with Crippen molar-refractivity contribution in [3.8, 4) is 0 Å². The summed E-state index contributed by atoms with van der Waals surface area (Å²) in [5.74, 6) is -0.941. The molecule has 0 radical (unpaired) electrons. The van der Waals surface area contributed by atoms with E-state index in [4.69, 9.17) is 4.74 Å². The molecule has 5 nitrogen and oxygen atoms in total. The second kappa shape index (κ2) is 4.12. The number of nitrogens with zero attached hydrogens (tertiary/aromatic N) is 1. The van der Waals surface area contributed by atoms with Crippen LogP contribution < -0.4 is 0 Å². The van der Waals surface area contributed by atoms with Crippen molar-refractivity contribution >= 4 is 11.8 Å². The summed E-state index contributed by atoms with van der Waals surface area (Å²) in [6.07, 6.45) is 3.32. The van der Waals surface area contributed by atoms with Crippen molar-refractivity contribution in [1.29, 1.82) is 0 Å². The predicted octanol–water partition coefficient (Wildman–Crippen LogP) is -0.201. The minimum Gasteiger partial charge on any atom is -0.374 e. The Morgan fingerprint density at radius 3 is 2.53 bits per heavy atom. The van der Waals surface area contributed by atoms with Gasteiger partial charge in [-0.25, -0.2) is 4.90 Å². The van der Waals surface area contributed by atoms with Gasteiger partial charge in [-0.3, -0.25) is 9.59 Å². The fraction of sp³-hybridized carbons (Fsp3) is 0.600. The topological polar surface area (TPSA) is 66.8 Å². The van der Waals surface area contributed by atoms with Crippen molar-refractivity contribution in [2.45, 2.75) is 31.6 Å². The molecule has 1 N–H and O–H groups in total. The largest absolute Gasteiger partial charge is 0.374 e. The zero-order valence-corrected chi connectivity index (χ0v) is 8.26. The molecule has 0 aliphatic carbocycles. The Balaban J connectivity index is 2.03. The Morgan fingerprint density at radius 2 is 2.00 bits per heavy atom. The Hall–Kier alpha value is -1.20. The van der Waals surface area contributed by atoms with Crippen LogP contribution in [0.1, 0.15) is 19.3 Å². The van der Waals surface area contributed by atoms with Crippen molar-refractivity contribution in [2.75, 3.05) is 6.61 Å². The second-order valence-corrected chi connectivity index (χ2v) is 3.70. The van der Waals surface area contributed by atoms with Gasteiger partial charge in [0.1, 0.15) is 6.10 Å². The smallest absolute Gasteiger partial charge is 0.255 e. The van der Waals surface area contributed by atoms with Gasteiger partial charge in [-0.15, -0.1) is 0 Å². The number of carbonyl (C=O) groups excluding carboxylic acids is 2. The minimum absolute atomic E-state index is 0.438. The van der Waals surface area contributed by atoms with Crippen molar-refractivity contribution < 1.29 is 19.4 Å². The fourth-order valence-corrected chi connectivity index (χ4v) is 1.84. The number of hydrogen-bond donors (Lipinski definition) is 1. The molecule has 2 atom stereocenters. The molecule has 0 aromatic rings. The van der Waals surface area contributed by atoms with Crippen LogP contribution >= 0.6 is 0 Å². The third-order valence-electron chi connectivity index (χ3n) is 2.66. The Kier molecular flexibility index (Phi) is 2.83. The number of ether oxygens (including phenoxy) is 1. The van der Waals surface area contributed by atoms with Gasteiger partial charge in [0.2, 0.25) is 0 Å². The van der Waals surface area contributed by atoms with Gasteiger partial charge in [0.05, 0.1) is 0 Å². The summed E-state index contributed by atoms with van der Waals surface area (Å²) in [6, 6.07) is 0. The summed E-state index contributed by atoms with van der Waals surface area (Å²) in [5.41, 5.74) is 0. The fourth-order valence-electron chi connectivity index (χ4n) is 1.84. The maximum atomic E-state index is 11.3. The SMILES string of the molecule is O=C1C=CC(=O)N1C(O)C1CCCCO1. The molecular formula is C10H13NO4. The summed E-state index contributed by atoms with van der Waals surface area (Å²) in [5, 5.41) is 9.83. The first-order chi connectivity index (χ1) is 7.20. The number of hydrogen-bond acceptors (Lipinski definition) is 4. The first-order valence-corrected chi connectivity index (χ1v) is 5.05. The zero-order chi connectivity index (χ0) is 10.8. The van der Waals surface area contributed by atoms with Gasteiger partial charge in [-0.1, -0.05) is 0 Å². The maximum absolute atomic E-state index is 11.3. The molecule has 0 bridgehead atoms. The molecule has 1 saturated heterocycles. The van der Waals surface area contributed by atoms with Gasteiger partial charge in [0.15, 0.2) is 6.23 Å². The monoisotopic (exact) mass is 211 g/mol. The molecule has 2 amide bonds. The first kappa shape index (κ1) is 10.3. The van der Waals surface area contributed by atoms with Crippen LogP contribution in [0.2, 0.25) is 0 Å². The van der Waals surface area contributed by atoms with Crippen molar-refractivity contribution in [3.63, 3.8) is 0 Å². The number of aliphatic hydroxyl groups is 1. The van der Waals surface area contributed by atoms with Crippen molar-refractivity contribution in [2.24, 2.45) is 0 Å². The number of carbonyl (C=O) groups is 2. The number of imide groups is 1. The van der Waals surface area contributed by atoms with Gasteiger partial charge in [0.25, 0.3) is 11.8 Å². The third kappa shape index (κ3) is 1.93. The van der Waals surface area contributed by atoms with Crippen LogP contribution in [0.25, 0.3) is 0 Å². The van der Waals surface area contributed by atoms with Crippen LogP contribution in [0.4, 0.5) is 0 Å². The summed E-state index contributed by atoms with van der Waals surface area (Å²) >= 11 is 0. The van der Waals surface area contributed by atoms with Gasteiger partial charge < -0.3 is 9.84 Å². The van der Waals surface area contributed by atoms with Crippen LogP contribution in [0, 0.1) is 0 Å². The Labute approximate surface area is 87.3 Å². The van der Waals surface area contributed by atoms with Crippen LogP contribution in [0.3, 0.4) is 0 Å². The molecule has 82 valence electrons. The molecule has 2 rings (SSSR count). The maximum Gasteiger partial charge on any atom is 0.255 e. The molecule has 2 unspecified atom stereocenters. The van der Waals surface area contributed by atoms with E-state index in [1.807, 2.05) is 0 Å². The highest BCUT2D eigenvalue weighted by molar-refractivity contribution is 6.13. The minimum atomic E-state index is -1.15. The zero-order valence-electron chi connectivity index (χ0n) is 8.26. The molecule has 2 aliphatic heterocycles. The van der Waals surface area contributed by atoms with E-state index in [1.54, 1.807) is 0 Å². The van der Waals surface area contributed by atoms with Crippen molar-refractivity contribution in [3.05, 3.63) is 12.2 Å². The van der Waals surface area contributed by atoms with Crippen LogP contribution in [-0.2, 0) is 14.3 Å². The van der Waals surface area contributed by atoms with Crippen LogP contribution in [0.5, 0.6) is 0 Å². The van der Waals surface area contributed by atoms with E-state index >= 15 is 0 Å². The predicted molar refractivity (Wildman–Crippen MR) is 50.6 cm³/mol. The van der Waals surface area contributed by atoms with Gasteiger partial charge in [0, 0.05) is 18.8 Å². The second-order valence-electron chi connectivity index (χ2n) is 3.70. The summed E-state index contributed by atoms with van der Waals surface area (Å²) < 4.78 is 5.32. The lowest BCUT2D eigenvalue weighted by Crippen LogP contribution is -2.48. The lowest BCUT2D eigenvalue weighted by atomic mass is 10.1. The highest BCUT2D eigenvalue weighted by Crippen LogP contribution is 2.20. The average Bonchev–Trinajstić information content (AvgIpc) is 2.59. The van der Waals surface area contributed by atoms with E-state index in [2.05, 4.69) is 0 Å². The van der Waals surface area contributed by atoms with Gasteiger partial charge in [-0.2, -0.15) is 0 Å². The lowest BCUT2D eigenvalue weighted by Gasteiger charge is -2.31. The first-order valence-electron chi connectivity index (χ1n) is 5.05. The average molecular weight is 211 g/mol. The number of amides is 2. The van der Waals surface area contributed by atoms with E-state index in [0.29, 0.717) is 13.0 Å². The molecule has 0 spiro atoms. The normalized spacial score (nSPS) is 28.6. The third-order valence-corrected chi connectivity index (χ3v) is 2.66. The standard InChI is InChI=1S/C10H13NO4/c12-8-4-5-9(13)11(8)10(14)7-3-1-2-6-15-7/h4-5,7,10,14H,1-3,6H2. The van der Waals surface area contributed by atoms with E-state index in [-0.39, 0.29) is 0 Å². The summed E-state index contributed by atoms with van der Waals surface area (Å²) in [7, 11) is 0. The number of aliphatic hydroxyl groups excluding tert-OH is 1. The van der Waals surface area contributed by atoms with Crippen LogP contribution in [-0.4, -0.2) is 40.8 Å². The highest BCUT2D eigenvalue weighted by Gasteiger charge is 2.36. The summed E-state index contributed by atoms with van der Waals surface area (Å²) in [4.78, 5) is 23.4. The van der Waals surface area contributed by atoms with Crippen molar-refractivity contribution in [1.82, 2.24) is 4.90 Å². The molecule has 0 saturated carbocycles. The Morgan fingerprint density at radius 1 is 1.33 bits per heavy atom. The molecule has 0 aromatic carbocycles. The van der Waals surface area contributed by atoms with E-state index < -0.39 is 24.1 Å². The van der Waals surface area contributed by atoms with E-state index in [0.717, 1.165) is 29.9 Å². The lowest BCUT2D eigenvalue weighted by molar-refractivity contribution is -0.164. The number of rotatable bonds is 2. The molecule has 5 heteroatoms. The van der Waals surface area contributed by atoms with Gasteiger partial charge in [-0.05, 0) is 19.3 Å². The van der Waals surface area contributed by atoms with E-state index in [9.17, 15) is 14.7 Å². The quantitative estimate of drug-likeness (QED) is 0.642. The molecule has 2 heterocycles. The van der Waals surface area contributed by atoms with Crippen LogP contribution in [0.15, 0.2) is 12.2 Å². The molecule has 15 heavy (non-hydrogen) atoms. The molecule has 1 fully saturated rings. The van der Waals surface area contributed by atoms with Gasteiger partial charge >= 0.3 is 0 Å². The molecule has 2 aliphatic rings. The molecular weight excluding hydrogens is 198 g/mol. The molecule has 0 aromatic heterocycles. The van der Waals surface area contributed by atoms with E-state index in [1.165, 1.54) is 0 Å². The summed E-state index contributed by atoms with van der Waals surface area (Å²) in [6.45, 7) is 0.575. The highest BCUT2D eigenvalue weighted by atomic mass is 16.5.